The first kappa shape index (κ1) is 26.4. The van der Waals surface area contributed by atoms with Crippen LogP contribution in [-0.2, 0) is 0 Å². The molecule has 0 amide bonds. The summed E-state index contributed by atoms with van der Waals surface area (Å²) in [5.74, 6) is -2.15. The number of thiol groups is 1. The van der Waals surface area contributed by atoms with Gasteiger partial charge in [0.15, 0.2) is 5.72 Å². The summed E-state index contributed by atoms with van der Waals surface area (Å²) in [5.41, 5.74) is 3.57. The Bertz CT molecular complexity index is 465. The monoisotopic (exact) mass is 715 g/mol. The molecule has 0 radical (unpaired) electrons. The maximum Gasteiger partial charge on any atom is 0.205 e. The van der Waals surface area contributed by atoms with Gasteiger partial charge in [-0.2, -0.15) is 21.9 Å². The number of hydrogen-bond donors (Lipinski definition) is 3. The Labute approximate surface area is 192 Å². The number of aliphatic hydroxyl groups is 1. The fraction of sp³-hybridized carbons (Fsp3) is 0.938. The summed E-state index contributed by atoms with van der Waals surface area (Å²) in [4.78, 5) is 1.65. The number of nitrogens with two attached hydrogens (primary N) is 1. The fourth-order valence-corrected chi connectivity index (χ4v) is 5.98. The van der Waals surface area contributed by atoms with Gasteiger partial charge in [-0.15, -0.1) is 10.6 Å². The average Bonchev–Trinajstić information content (AvgIpc) is 2.35. The third-order valence-electron chi connectivity index (χ3n) is 5.71. The normalized spacial score (nSPS) is 51.0. The van der Waals surface area contributed by atoms with Crippen LogP contribution in [0.3, 0.4) is 0 Å². The molecule has 7 atom stereocenters. The molecule has 1 fully saturated rings. The minimum Gasteiger partial charge on any atom is -0.370 e. The van der Waals surface area contributed by atoms with Crippen molar-refractivity contribution in [2.24, 2.45) is 11.1 Å². The molecule has 8 heteroatoms. The van der Waals surface area contributed by atoms with E-state index in [9.17, 15) is 5.11 Å². The SMILES string of the molecule is CCC1(C)[CH-]C(C)(P)C(I)N(C(C)C)C(C)(F)C(N)(O)C1(C)S.[U]. The molecular formula is C16H32FIN2OPSU-. The Kier molecular flexibility index (Phi) is 8.80. The van der Waals surface area contributed by atoms with Gasteiger partial charge in [0.25, 0.3) is 0 Å². The van der Waals surface area contributed by atoms with Crippen molar-refractivity contribution in [3.05, 3.63) is 6.42 Å². The van der Waals surface area contributed by atoms with E-state index in [1.165, 1.54) is 6.92 Å². The summed E-state index contributed by atoms with van der Waals surface area (Å²) in [6, 6.07) is -0.134. The maximum atomic E-state index is 16.0. The molecule has 24 heavy (non-hydrogen) atoms. The first-order chi connectivity index (χ1) is 9.99. The van der Waals surface area contributed by atoms with Crippen LogP contribution >= 0.6 is 44.5 Å². The molecule has 3 nitrogen and oxygen atoms in total. The molecule has 0 saturated carbocycles. The Morgan fingerprint density at radius 3 is 2.12 bits per heavy atom. The second kappa shape index (κ2) is 8.01. The van der Waals surface area contributed by atoms with Gasteiger partial charge >= 0.3 is 0 Å². The van der Waals surface area contributed by atoms with E-state index in [-0.39, 0.29) is 46.4 Å². The molecule has 1 rings (SSSR count). The number of nitrogens with zero attached hydrogens (tertiary/aromatic N) is 1. The first-order valence-corrected chi connectivity index (χ1v) is 10.3. The predicted octanol–water partition coefficient (Wildman–Crippen LogP) is 3.75. The zero-order valence-corrected chi connectivity index (χ0v) is 24.1. The van der Waals surface area contributed by atoms with Crippen molar-refractivity contribution in [3.8, 4) is 0 Å². The molecule has 1 aliphatic rings. The molecule has 1 saturated heterocycles. The number of halogens is 2. The molecule has 142 valence electrons. The van der Waals surface area contributed by atoms with Gasteiger partial charge in [0.1, 0.15) is 0 Å². The molecule has 1 heterocycles. The van der Waals surface area contributed by atoms with Crippen LogP contribution in [0.4, 0.5) is 4.39 Å². The van der Waals surface area contributed by atoms with Crippen molar-refractivity contribution < 1.29 is 40.6 Å². The van der Waals surface area contributed by atoms with E-state index >= 15 is 4.39 Å². The van der Waals surface area contributed by atoms with Crippen molar-refractivity contribution in [3.63, 3.8) is 0 Å². The molecule has 1 aliphatic heterocycles. The van der Waals surface area contributed by atoms with Gasteiger partial charge in [0.05, 0.1) is 0 Å². The van der Waals surface area contributed by atoms with Crippen LogP contribution in [0.5, 0.6) is 0 Å². The van der Waals surface area contributed by atoms with Crippen molar-refractivity contribution in [1.82, 2.24) is 4.90 Å². The van der Waals surface area contributed by atoms with Crippen LogP contribution in [0.2, 0.25) is 0 Å². The van der Waals surface area contributed by atoms with Gasteiger partial charge < -0.3 is 11.5 Å². The largest absolute Gasteiger partial charge is 0.370 e. The molecule has 0 spiro atoms. The molecule has 0 bridgehead atoms. The minimum atomic E-state index is -2.15. The Hall–Kier alpha value is 2.37. The summed E-state index contributed by atoms with van der Waals surface area (Å²) in [5, 5.41) is 10.8. The summed E-state index contributed by atoms with van der Waals surface area (Å²) in [6.45, 7) is 13.0. The van der Waals surface area contributed by atoms with Crippen molar-refractivity contribution in [2.75, 3.05) is 0 Å². The van der Waals surface area contributed by atoms with Crippen molar-refractivity contribution in [2.45, 2.75) is 86.4 Å². The second-order valence-electron chi connectivity index (χ2n) is 7.91. The Balaban J connectivity index is 0.00000529. The summed E-state index contributed by atoms with van der Waals surface area (Å²) < 4.78 is 14.7. The number of rotatable bonds is 2. The maximum absolute atomic E-state index is 16.0. The standard InChI is InChI=1S/C16H32FIN2OPS.U/c1-8-12(4)9-13(5,22)11(18)20(10(2)3)15(7,17)16(19,21)14(12,6)23;/h9-11,21,23H,8,19,22H2,1-7H3;/q-1;. The zero-order valence-electron chi connectivity index (χ0n) is 15.7. The molecule has 0 aromatic heterocycles. The molecule has 0 aromatic rings. The molecular weight excluding hydrogens is 683 g/mol. The van der Waals surface area contributed by atoms with E-state index in [1.54, 1.807) is 11.8 Å². The van der Waals surface area contributed by atoms with Crippen LogP contribution in [-0.4, -0.2) is 41.5 Å². The van der Waals surface area contributed by atoms with E-state index in [0.29, 0.717) is 6.42 Å². The van der Waals surface area contributed by atoms with Gasteiger partial charge in [0, 0.05) is 46.0 Å². The van der Waals surface area contributed by atoms with Gasteiger partial charge in [-0.25, -0.2) is 4.39 Å². The van der Waals surface area contributed by atoms with E-state index in [2.05, 4.69) is 45.2 Å². The minimum absolute atomic E-state index is 0. The van der Waals surface area contributed by atoms with Crippen molar-refractivity contribution in [1.29, 1.82) is 0 Å². The first-order valence-electron chi connectivity index (χ1n) is 8.00. The van der Waals surface area contributed by atoms with E-state index in [0.717, 1.165) is 0 Å². The van der Waals surface area contributed by atoms with Crippen LogP contribution in [0, 0.1) is 42.9 Å². The molecule has 0 aliphatic carbocycles. The van der Waals surface area contributed by atoms with Crippen LogP contribution in [0.1, 0.15) is 54.9 Å². The topological polar surface area (TPSA) is 49.5 Å². The summed E-state index contributed by atoms with van der Waals surface area (Å²) >= 11 is 6.97. The Morgan fingerprint density at radius 2 is 1.79 bits per heavy atom. The number of alkyl halides is 2. The van der Waals surface area contributed by atoms with Gasteiger partial charge in [-0.05, 0) is 27.7 Å². The van der Waals surface area contributed by atoms with E-state index in [4.69, 9.17) is 18.4 Å². The van der Waals surface area contributed by atoms with Crippen LogP contribution in [0.15, 0.2) is 0 Å². The smallest absolute Gasteiger partial charge is 0.205 e. The molecule has 0 aromatic carbocycles. The quantitative estimate of drug-likeness (QED) is 0.0778. The Morgan fingerprint density at radius 1 is 1.38 bits per heavy atom. The van der Waals surface area contributed by atoms with E-state index < -0.39 is 21.7 Å². The third kappa shape index (κ3) is 3.91. The zero-order chi connectivity index (χ0) is 18.6. The van der Waals surface area contributed by atoms with Gasteiger partial charge in [0.2, 0.25) is 5.79 Å². The number of hydrogen-bond acceptors (Lipinski definition) is 4. The van der Waals surface area contributed by atoms with Gasteiger partial charge in [-0.3, -0.25) is 10.6 Å². The fourth-order valence-electron chi connectivity index (χ4n) is 3.68. The van der Waals surface area contributed by atoms with Crippen molar-refractivity contribution >= 4 is 44.5 Å². The predicted molar refractivity (Wildman–Crippen MR) is 112 cm³/mol. The molecule has 7 unspecified atom stereocenters. The summed E-state index contributed by atoms with van der Waals surface area (Å²) in [7, 11) is 2.85. The average molecular weight is 715 g/mol. The van der Waals surface area contributed by atoms with Gasteiger partial charge in [-0.1, -0.05) is 49.8 Å². The van der Waals surface area contributed by atoms with Crippen LogP contribution in [0.25, 0.3) is 0 Å². The summed E-state index contributed by atoms with van der Waals surface area (Å²) in [6.07, 6.45) is 2.86. The van der Waals surface area contributed by atoms with E-state index in [1.807, 2.05) is 27.7 Å². The third-order valence-corrected chi connectivity index (χ3v) is 9.67. The van der Waals surface area contributed by atoms with Crippen LogP contribution < -0.4 is 5.73 Å². The number of likely N-dealkylation sites (tertiary alicyclic amines) is 1. The molecule has 3 N–H and O–H groups in total. The second-order valence-corrected chi connectivity index (χ2v) is 11.2.